The molecule has 1 unspecified atom stereocenters. The van der Waals surface area contributed by atoms with E-state index in [0.29, 0.717) is 17.7 Å². The third-order valence-corrected chi connectivity index (χ3v) is 8.82. The van der Waals surface area contributed by atoms with Crippen LogP contribution in [0.1, 0.15) is 27.9 Å². The van der Waals surface area contributed by atoms with Crippen LogP contribution in [0.5, 0.6) is 5.75 Å². The number of rotatable bonds is 7. The van der Waals surface area contributed by atoms with Crippen molar-refractivity contribution in [3.63, 3.8) is 0 Å². The van der Waals surface area contributed by atoms with Crippen molar-refractivity contribution in [2.45, 2.75) is 31.0 Å². The summed E-state index contributed by atoms with van der Waals surface area (Å²) in [5.41, 5.74) is 4.43. The van der Waals surface area contributed by atoms with Crippen LogP contribution in [-0.4, -0.2) is 100.0 Å². The number of carbonyl (C=O) groups excluding carboxylic acids is 4. The molecule has 0 fully saturated rings. The molecule has 0 bridgehead atoms. The van der Waals surface area contributed by atoms with E-state index in [2.05, 4.69) is 5.32 Å². The lowest BCUT2D eigenvalue weighted by atomic mass is 9.58. The van der Waals surface area contributed by atoms with Gasteiger partial charge >= 0.3 is 0 Å². The van der Waals surface area contributed by atoms with Gasteiger partial charge in [0.05, 0.1) is 18.2 Å². The van der Waals surface area contributed by atoms with Gasteiger partial charge in [-0.25, -0.2) is 0 Å². The highest BCUT2D eigenvalue weighted by Gasteiger charge is 2.63. The molecule has 0 saturated heterocycles. The van der Waals surface area contributed by atoms with E-state index in [1.807, 2.05) is 24.3 Å². The highest BCUT2D eigenvalue weighted by Crippen LogP contribution is 2.53. The number of likely N-dealkylation sites (N-methyl/N-ethyl adjacent to an activating group) is 2. The first-order chi connectivity index (χ1) is 20.7. The Morgan fingerprint density at radius 1 is 1.02 bits per heavy atom. The predicted octanol–water partition coefficient (Wildman–Crippen LogP) is 0.965. The predicted molar refractivity (Wildman–Crippen MR) is 160 cm³/mol. The molecule has 44 heavy (non-hydrogen) atoms. The summed E-state index contributed by atoms with van der Waals surface area (Å²) < 4.78 is 0. The van der Waals surface area contributed by atoms with Crippen molar-refractivity contribution in [3.8, 4) is 16.9 Å². The summed E-state index contributed by atoms with van der Waals surface area (Å²) in [7, 11) is 6.78. The second-order valence-electron chi connectivity index (χ2n) is 12.2. The number of ketones is 2. The molecule has 7 N–H and O–H groups in total. The number of phenolic OH excluding ortho intramolecular Hbond substituents is 1. The zero-order valence-electron chi connectivity index (χ0n) is 24.9. The van der Waals surface area contributed by atoms with Crippen molar-refractivity contribution in [1.29, 1.82) is 0 Å². The van der Waals surface area contributed by atoms with Gasteiger partial charge < -0.3 is 36.4 Å². The van der Waals surface area contributed by atoms with Gasteiger partial charge in [0.15, 0.2) is 11.4 Å². The molecular weight excluding hydrogens is 568 g/mol. The van der Waals surface area contributed by atoms with E-state index in [1.165, 1.54) is 11.0 Å². The van der Waals surface area contributed by atoms with Crippen molar-refractivity contribution >= 4 is 23.4 Å². The summed E-state index contributed by atoms with van der Waals surface area (Å²) in [6, 6.07) is 9.42. The molecule has 232 valence electrons. The first-order valence-corrected chi connectivity index (χ1v) is 14.2. The Bertz CT molecular complexity index is 1640. The third-order valence-electron chi connectivity index (χ3n) is 8.82. The number of carbonyl (C=O) groups is 4. The Morgan fingerprint density at radius 3 is 2.27 bits per heavy atom. The van der Waals surface area contributed by atoms with E-state index in [1.54, 1.807) is 39.2 Å². The van der Waals surface area contributed by atoms with E-state index < -0.39 is 58.0 Å². The molecule has 3 aliphatic rings. The fourth-order valence-corrected chi connectivity index (χ4v) is 6.87. The number of amides is 2. The zero-order chi connectivity index (χ0) is 32.2. The molecule has 0 aliphatic heterocycles. The fourth-order valence-electron chi connectivity index (χ4n) is 6.87. The second-order valence-corrected chi connectivity index (χ2v) is 12.2. The SMILES string of the molecule is CN(C)CC(=O)NCc1ccc(-c2ccc(O)c3c2C[C@@H]2C[C@@H]4C(N(C)C)C(O)=C(C(N)=O)C(=O)[C@]4(O)C(O)=C2C3=O)cc1. The Kier molecular flexibility index (Phi) is 7.87. The van der Waals surface area contributed by atoms with Gasteiger partial charge in [0.25, 0.3) is 5.91 Å². The van der Waals surface area contributed by atoms with Crippen molar-refractivity contribution < 1.29 is 39.6 Å². The van der Waals surface area contributed by atoms with Gasteiger partial charge in [-0.2, -0.15) is 0 Å². The molecule has 0 aromatic heterocycles. The quantitative estimate of drug-likeness (QED) is 0.248. The molecule has 0 radical (unpaired) electrons. The highest BCUT2D eigenvalue weighted by molar-refractivity contribution is 6.24. The summed E-state index contributed by atoms with van der Waals surface area (Å²) in [5.74, 6) is -7.00. The van der Waals surface area contributed by atoms with Gasteiger partial charge in [0.2, 0.25) is 11.7 Å². The molecule has 12 heteroatoms. The summed E-state index contributed by atoms with van der Waals surface area (Å²) in [4.78, 5) is 54.9. The number of phenols is 1. The topological polar surface area (TPSA) is 194 Å². The van der Waals surface area contributed by atoms with Gasteiger partial charge in [-0.1, -0.05) is 30.3 Å². The van der Waals surface area contributed by atoms with Crippen LogP contribution in [0.4, 0.5) is 0 Å². The Labute approximate surface area is 254 Å². The van der Waals surface area contributed by atoms with Crippen LogP contribution in [-0.2, 0) is 27.3 Å². The average molecular weight is 605 g/mol. The molecule has 12 nitrogen and oxygen atoms in total. The smallest absolute Gasteiger partial charge is 0.255 e. The minimum atomic E-state index is -2.68. The number of hydrogen-bond donors (Lipinski definition) is 6. The number of allylic oxidation sites excluding steroid dienone is 1. The van der Waals surface area contributed by atoms with Gasteiger partial charge in [-0.3, -0.25) is 24.1 Å². The molecule has 0 saturated carbocycles. The number of primary amides is 1. The lowest BCUT2D eigenvalue weighted by Gasteiger charge is -2.50. The number of Topliss-reactive ketones (excluding diaryl/α,β-unsaturated/α-hetero) is 2. The zero-order valence-corrected chi connectivity index (χ0v) is 24.9. The second kappa shape index (κ2) is 11.2. The van der Waals surface area contributed by atoms with Gasteiger partial charge in [-0.05, 0) is 75.3 Å². The molecule has 2 amide bonds. The summed E-state index contributed by atoms with van der Waals surface area (Å²) >= 11 is 0. The van der Waals surface area contributed by atoms with Gasteiger partial charge in [0, 0.05) is 18.0 Å². The maximum absolute atomic E-state index is 14.0. The number of nitrogens with one attached hydrogen (secondary N) is 1. The van der Waals surface area contributed by atoms with E-state index in [4.69, 9.17) is 5.73 Å². The van der Waals surface area contributed by atoms with Gasteiger partial charge in [0.1, 0.15) is 22.8 Å². The van der Waals surface area contributed by atoms with Crippen LogP contribution < -0.4 is 11.1 Å². The third kappa shape index (κ3) is 4.84. The Morgan fingerprint density at radius 2 is 1.68 bits per heavy atom. The number of aromatic hydroxyl groups is 1. The first kappa shape index (κ1) is 30.9. The first-order valence-electron chi connectivity index (χ1n) is 14.2. The number of nitrogens with two attached hydrogens (primary N) is 1. The lowest BCUT2D eigenvalue weighted by molar-refractivity contribution is -0.148. The van der Waals surface area contributed by atoms with E-state index in [-0.39, 0.29) is 42.2 Å². The number of hydrogen-bond acceptors (Lipinski definition) is 10. The van der Waals surface area contributed by atoms with Crippen LogP contribution in [0.15, 0.2) is 59.1 Å². The lowest BCUT2D eigenvalue weighted by Crippen LogP contribution is -2.63. The van der Waals surface area contributed by atoms with Crippen LogP contribution in [0.25, 0.3) is 11.1 Å². The normalized spacial score (nSPS) is 24.8. The Hall–Kier alpha value is -4.52. The molecule has 0 heterocycles. The minimum Gasteiger partial charge on any atom is -0.510 e. The molecule has 5 rings (SSSR count). The van der Waals surface area contributed by atoms with Crippen LogP contribution in [0.2, 0.25) is 0 Å². The van der Waals surface area contributed by atoms with Crippen LogP contribution in [0.3, 0.4) is 0 Å². The van der Waals surface area contributed by atoms with Crippen LogP contribution in [0, 0.1) is 11.8 Å². The van der Waals surface area contributed by atoms with Crippen molar-refractivity contribution in [2.24, 2.45) is 17.6 Å². The van der Waals surface area contributed by atoms with Gasteiger partial charge in [-0.15, -0.1) is 0 Å². The minimum absolute atomic E-state index is 0.00639. The maximum Gasteiger partial charge on any atom is 0.255 e. The standard InChI is InChI=1S/C32H36N4O8/c1-35(2)14-22(38)34-13-15-5-7-16(8-6-15)18-9-10-21(37)24-19(18)11-17-12-20-26(36(3)4)28(40)25(31(33)43)30(42)32(20,44)29(41)23(17)27(24)39/h5-10,17,20,26,37,40-41,44H,11-14H2,1-4H3,(H2,33,43)(H,34,38)/t17-,20-,26?,32-/m1/s1. The molecule has 3 aliphatic carbocycles. The fraction of sp³-hybridized carbons (Fsp3) is 0.375. The number of fused-ring (bicyclic) bond motifs is 3. The average Bonchev–Trinajstić information content (AvgIpc) is 2.93. The summed E-state index contributed by atoms with van der Waals surface area (Å²) in [6.07, 6.45) is 0.188. The number of benzene rings is 2. The Balaban J connectivity index is 1.55. The number of aliphatic hydroxyl groups excluding tert-OH is 2. The molecule has 4 atom stereocenters. The van der Waals surface area contributed by atoms with Crippen molar-refractivity contribution in [1.82, 2.24) is 15.1 Å². The molecule has 2 aromatic carbocycles. The summed E-state index contributed by atoms with van der Waals surface area (Å²) in [6.45, 7) is 0.603. The monoisotopic (exact) mass is 604 g/mol. The van der Waals surface area contributed by atoms with Crippen molar-refractivity contribution in [3.05, 3.63) is 75.8 Å². The number of nitrogens with zero attached hydrogens (tertiary/aromatic N) is 2. The van der Waals surface area contributed by atoms with Crippen LogP contribution >= 0.6 is 0 Å². The maximum atomic E-state index is 14.0. The van der Waals surface area contributed by atoms with E-state index >= 15 is 0 Å². The number of aliphatic hydroxyl groups is 3. The molecular formula is C32H36N4O8. The highest BCUT2D eigenvalue weighted by atomic mass is 16.3. The molecule has 2 aromatic rings. The molecule has 0 spiro atoms. The largest absolute Gasteiger partial charge is 0.510 e. The van der Waals surface area contributed by atoms with E-state index in [9.17, 15) is 39.6 Å². The summed E-state index contributed by atoms with van der Waals surface area (Å²) in [5, 5.41) is 47.8. The van der Waals surface area contributed by atoms with Crippen molar-refractivity contribution in [2.75, 3.05) is 34.7 Å². The van der Waals surface area contributed by atoms with E-state index in [0.717, 1.165) is 11.1 Å².